The van der Waals surface area contributed by atoms with Crippen molar-refractivity contribution < 1.29 is 13.5 Å². The van der Waals surface area contributed by atoms with Crippen LogP contribution in [-0.2, 0) is 0 Å². The first-order valence-corrected chi connectivity index (χ1v) is 5.82. The summed E-state index contributed by atoms with van der Waals surface area (Å²) in [5.41, 5.74) is 6.17. The maximum absolute atomic E-state index is 13.3. The van der Waals surface area contributed by atoms with Gasteiger partial charge in [0.25, 0.3) is 0 Å². The second-order valence-electron chi connectivity index (χ2n) is 3.37. The first-order valence-electron chi connectivity index (χ1n) is 4.74. The van der Waals surface area contributed by atoms with Gasteiger partial charge in [-0.25, -0.2) is 8.78 Å². The van der Waals surface area contributed by atoms with Gasteiger partial charge in [-0.15, -0.1) is 0 Å². The van der Waals surface area contributed by atoms with Crippen LogP contribution in [0.3, 0.4) is 0 Å². The van der Waals surface area contributed by atoms with Gasteiger partial charge < -0.3 is 10.5 Å². The molecule has 0 aliphatic carbocycles. The molecule has 0 atom stereocenters. The van der Waals surface area contributed by atoms with Crippen LogP contribution in [0.4, 0.5) is 14.5 Å². The maximum Gasteiger partial charge on any atom is 0.166 e. The Morgan fingerprint density at radius 1 is 1.00 bits per heavy atom. The molecule has 0 aromatic heterocycles. The van der Waals surface area contributed by atoms with E-state index in [-0.39, 0.29) is 5.75 Å². The summed E-state index contributed by atoms with van der Waals surface area (Å²) < 4.78 is 32.3. The Morgan fingerprint density at radius 2 is 1.76 bits per heavy atom. The van der Waals surface area contributed by atoms with E-state index in [0.29, 0.717) is 11.4 Å². The van der Waals surface area contributed by atoms with Gasteiger partial charge in [0, 0.05) is 11.8 Å². The van der Waals surface area contributed by atoms with E-state index in [1.165, 1.54) is 0 Å². The van der Waals surface area contributed by atoms with Crippen molar-refractivity contribution in [3.8, 4) is 11.5 Å². The summed E-state index contributed by atoms with van der Waals surface area (Å²) in [7, 11) is 0. The fourth-order valence-corrected chi connectivity index (χ4v) is 1.92. The van der Waals surface area contributed by atoms with Crippen LogP contribution in [-0.4, -0.2) is 0 Å². The van der Waals surface area contributed by atoms with Crippen molar-refractivity contribution in [2.24, 2.45) is 0 Å². The molecule has 0 aliphatic heterocycles. The van der Waals surface area contributed by atoms with Gasteiger partial charge >= 0.3 is 0 Å². The number of hydrogen-bond donors (Lipinski definition) is 1. The van der Waals surface area contributed by atoms with Crippen molar-refractivity contribution in [1.82, 2.24) is 0 Å². The van der Waals surface area contributed by atoms with E-state index in [0.717, 1.165) is 21.8 Å². The third-order valence-electron chi connectivity index (χ3n) is 2.07. The molecule has 0 saturated carbocycles. The largest absolute Gasteiger partial charge is 0.453 e. The molecular weight excluding hydrogens is 339 g/mol. The minimum atomic E-state index is -0.612. The molecule has 0 heterocycles. The number of ether oxygens (including phenoxy) is 1. The van der Waals surface area contributed by atoms with Gasteiger partial charge in [-0.3, -0.25) is 0 Å². The van der Waals surface area contributed by atoms with Crippen LogP contribution in [0.1, 0.15) is 0 Å². The van der Waals surface area contributed by atoms with Gasteiger partial charge in [0.05, 0.1) is 3.57 Å². The van der Waals surface area contributed by atoms with E-state index >= 15 is 0 Å². The Kier molecular flexibility index (Phi) is 3.46. The van der Waals surface area contributed by atoms with Crippen LogP contribution >= 0.6 is 22.6 Å². The van der Waals surface area contributed by atoms with E-state index in [9.17, 15) is 8.78 Å². The minimum absolute atomic E-state index is 0.146. The predicted octanol–water partition coefficient (Wildman–Crippen LogP) is 3.94. The highest BCUT2D eigenvalue weighted by molar-refractivity contribution is 14.1. The smallest absolute Gasteiger partial charge is 0.166 e. The molecule has 88 valence electrons. The zero-order chi connectivity index (χ0) is 12.4. The molecule has 0 amide bonds. The average Bonchev–Trinajstić information content (AvgIpc) is 2.27. The Hall–Kier alpha value is -1.37. The molecule has 2 rings (SSSR count). The van der Waals surface area contributed by atoms with Crippen LogP contribution < -0.4 is 10.5 Å². The lowest BCUT2D eigenvalue weighted by Crippen LogP contribution is -1.93. The molecule has 17 heavy (non-hydrogen) atoms. The van der Waals surface area contributed by atoms with Gasteiger partial charge in [-0.05, 0) is 52.9 Å². The molecule has 0 saturated heterocycles. The number of nitrogens with two attached hydrogens (primary N) is 1. The summed E-state index contributed by atoms with van der Waals surface area (Å²) in [4.78, 5) is 0. The third kappa shape index (κ3) is 2.85. The molecule has 0 unspecified atom stereocenters. The quantitative estimate of drug-likeness (QED) is 0.660. The number of rotatable bonds is 2. The molecule has 5 heteroatoms. The lowest BCUT2D eigenvalue weighted by molar-refractivity contribution is 0.434. The molecule has 0 aliphatic rings. The molecule has 2 nitrogen and oxygen atoms in total. The van der Waals surface area contributed by atoms with Crippen molar-refractivity contribution in [3.05, 3.63) is 51.6 Å². The Labute approximate surface area is 111 Å². The summed E-state index contributed by atoms with van der Waals surface area (Å²) in [5, 5.41) is 0. The third-order valence-corrected chi connectivity index (χ3v) is 2.91. The molecule has 0 bridgehead atoms. The first-order chi connectivity index (χ1) is 8.06. The molecule has 2 aromatic carbocycles. The second-order valence-corrected chi connectivity index (χ2v) is 4.53. The van der Waals surface area contributed by atoms with E-state index < -0.39 is 11.6 Å². The highest BCUT2D eigenvalue weighted by atomic mass is 127. The van der Waals surface area contributed by atoms with Crippen molar-refractivity contribution >= 4 is 28.3 Å². The van der Waals surface area contributed by atoms with Gasteiger partial charge in [0.1, 0.15) is 11.6 Å². The van der Waals surface area contributed by atoms with Gasteiger partial charge in [-0.1, -0.05) is 0 Å². The van der Waals surface area contributed by atoms with Crippen LogP contribution in [0.15, 0.2) is 36.4 Å². The summed E-state index contributed by atoms with van der Waals surface area (Å²) >= 11 is 2.01. The molecule has 2 aromatic rings. The second kappa shape index (κ2) is 4.87. The summed E-state index contributed by atoms with van der Waals surface area (Å²) in [5.74, 6) is -0.872. The monoisotopic (exact) mass is 347 g/mol. The standard InChI is InChI=1S/C12H8F2INO/c13-7-1-3-9(14)12(5-7)17-11-4-2-8(16)6-10(11)15/h1-6H,16H2. The molecule has 2 N–H and O–H groups in total. The first kappa shape index (κ1) is 12.1. The number of anilines is 1. The number of benzene rings is 2. The molecule has 0 radical (unpaired) electrons. The lowest BCUT2D eigenvalue weighted by Gasteiger charge is -2.09. The van der Waals surface area contributed by atoms with E-state index in [2.05, 4.69) is 0 Å². The zero-order valence-corrected chi connectivity index (χ0v) is 10.7. The fraction of sp³-hybridized carbons (Fsp3) is 0. The SMILES string of the molecule is Nc1ccc(Oc2cc(F)ccc2F)c(I)c1. The minimum Gasteiger partial charge on any atom is -0.453 e. The van der Waals surface area contributed by atoms with E-state index in [1.807, 2.05) is 22.6 Å². The van der Waals surface area contributed by atoms with Crippen molar-refractivity contribution in [2.75, 3.05) is 5.73 Å². The Morgan fingerprint density at radius 3 is 2.47 bits per heavy atom. The summed E-state index contributed by atoms with van der Waals surface area (Å²) in [6, 6.07) is 8.00. The van der Waals surface area contributed by atoms with Crippen molar-refractivity contribution in [3.63, 3.8) is 0 Å². The van der Waals surface area contributed by atoms with Gasteiger partial charge in [0.2, 0.25) is 0 Å². The zero-order valence-electron chi connectivity index (χ0n) is 8.58. The number of nitrogen functional groups attached to an aromatic ring is 1. The average molecular weight is 347 g/mol. The fourth-order valence-electron chi connectivity index (χ4n) is 1.27. The Balaban J connectivity index is 2.34. The van der Waals surface area contributed by atoms with Crippen molar-refractivity contribution in [1.29, 1.82) is 0 Å². The number of hydrogen-bond acceptors (Lipinski definition) is 2. The molecular formula is C12H8F2INO. The molecule has 0 fully saturated rings. The van der Waals surface area contributed by atoms with Crippen LogP contribution in [0.2, 0.25) is 0 Å². The van der Waals surface area contributed by atoms with Crippen molar-refractivity contribution in [2.45, 2.75) is 0 Å². The normalized spacial score (nSPS) is 10.3. The molecule has 0 spiro atoms. The van der Waals surface area contributed by atoms with Gasteiger partial charge in [-0.2, -0.15) is 0 Å². The van der Waals surface area contributed by atoms with Gasteiger partial charge in [0.15, 0.2) is 11.6 Å². The van der Waals surface area contributed by atoms with Crippen LogP contribution in [0, 0.1) is 15.2 Å². The summed E-state index contributed by atoms with van der Waals surface area (Å²) in [6.07, 6.45) is 0. The van der Waals surface area contributed by atoms with E-state index in [1.54, 1.807) is 18.2 Å². The highest BCUT2D eigenvalue weighted by Crippen LogP contribution is 2.30. The van der Waals surface area contributed by atoms with E-state index in [4.69, 9.17) is 10.5 Å². The topological polar surface area (TPSA) is 35.2 Å². The predicted molar refractivity (Wildman–Crippen MR) is 70.0 cm³/mol. The van der Waals surface area contributed by atoms with Crippen LogP contribution in [0.5, 0.6) is 11.5 Å². The van der Waals surface area contributed by atoms with Crippen LogP contribution in [0.25, 0.3) is 0 Å². The number of halogens is 3. The Bertz CT molecular complexity index is 560. The lowest BCUT2D eigenvalue weighted by atomic mass is 10.3. The summed E-state index contributed by atoms with van der Waals surface area (Å²) in [6.45, 7) is 0. The maximum atomic E-state index is 13.3. The highest BCUT2D eigenvalue weighted by Gasteiger charge is 2.08.